The minimum absolute atomic E-state index is 0.474. The maximum absolute atomic E-state index is 4.51. The van der Waals surface area contributed by atoms with E-state index in [1.807, 2.05) is 0 Å². The van der Waals surface area contributed by atoms with Gasteiger partial charge in [-0.15, -0.1) is 0 Å². The first-order valence-corrected chi connectivity index (χ1v) is 4.57. The van der Waals surface area contributed by atoms with Crippen molar-refractivity contribution in [2.75, 3.05) is 0 Å². The minimum Gasteiger partial charge on any atom is -0.369 e. The van der Waals surface area contributed by atoms with Crippen molar-refractivity contribution in [3.05, 3.63) is 0 Å². The lowest BCUT2D eigenvalue weighted by Gasteiger charge is -2.07. The summed E-state index contributed by atoms with van der Waals surface area (Å²) in [4.78, 5) is 4.51. The Balaban J connectivity index is 2.31. The standard InChI is InChI=1S/C9H18N2/c1-4-5-6-9-10-7(2)8(3)11-9/h7-8H,4-6H2,1-3H3,(H,10,11). The molecule has 0 aromatic carbocycles. The SMILES string of the molecule is CCCCC1=NC(C)C(C)N1. The van der Waals surface area contributed by atoms with Crippen LogP contribution in [-0.4, -0.2) is 17.9 Å². The summed E-state index contributed by atoms with van der Waals surface area (Å²) in [6.45, 7) is 6.56. The Hall–Kier alpha value is -0.530. The number of amidine groups is 1. The molecule has 0 radical (unpaired) electrons. The van der Waals surface area contributed by atoms with E-state index in [0.29, 0.717) is 12.1 Å². The number of hydrogen-bond acceptors (Lipinski definition) is 2. The molecule has 0 aromatic heterocycles. The van der Waals surface area contributed by atoms with Crippen molar-refractivity contribution in [3.8, 4) is 0 Å². The summed E-state index contributed by atoms with van der Waals surface area (Å²) in [5.41, 5.74) is 0. The van der Waals surface area contributed by atoms with Crippen LogP contribution in [0.2, 0.25) is 0 Å². The number of unbranched alkanes of at least 4 members (excludes halogenated alkanes) is 1. The molecule has 0 saturated heterocycles. The van der Waals surface area contributed by atoms with Crippen LogP contribution in [0, 0.1) is 0 Å². The number of nitrogens with zero attached hydrogens (tertiary/aromatic N) is 1. The van der Waals surface area contributed by atoms with E-state index in [4.69, 9.17) is 0 Å². The predicted octanol–water partition coefficient (Wildman–Crippen LogP) is 1.96. The van der Waals surface area contributed by atoms with Gasteiger partial charge in [0.2, 0.25) is 0 Å². The van der Waals surface area contributed by atoms with Crippen molar-refractivity contribution >= 4 is 5.84 Å². The monoisotopic (exact) mass is 154 g/mol. The van der Waals surface area contributed by atoms with E-state index in [-0.39, 0.29) is 0 Å². The quantitative estimate of drug-likeness (QED) is 0.660. The highest BCUT2D eigenvalue weighted by Crippen LogP contribution is 2.08. The van der Waals surface area contributed by atoms with Gasteiger partial charge in [-0.25, -0.2) is 0 Å². The second-order valence-electron chi connectivity index (χ2n) is 3.35. The predicted molar refractivity (Wildman–Crippen MR) is 49.0 cm³/mol. The van der Waals surface area contributed by atoms with Gasteiger partial charge in [0.05, 0.1) is 11.9 Å². The van der Waals surface area contributed by atoms with Gasteiger partial charge in [0.15, 0.2) is 0 Å². The largest absolute Gasteiger partial charge is 0.369 e. The summed E-state index contributed by atoms with van der Waals surface area (Å²) >= 11 is 0. The van der Waals surface area contributed by atoms with Gasteiger partial charge >= 0.3 is 0 Å². The molecule has 2 heteroatoms. The van der Waals surface area contributed by atoms with Crippen LogP contribution in [0.3, 0.4) is 0 Å². The normalized spacial score (nSPS) is 29.9. The van der Waals surface area contributed by atoms with Crippen molar-refractivity contribution in [2.45, 2.75) is 52.1 Å². The summed E-state index contributed by atoms with van der Waals surface area (Å²) in [5, 5.41) is 3.39. The van der Waals surface area contributed by atoms with Crippen molar-refractivity contribution in [2.24, 2.45) is 4.99 Å². The van der Waals surface area contributed by atoms with Gasteiger partial charge in [-0.2, -0.15) is 0 Å². The number of aliphatic imine (C=N–C) groups is 1. The van der Waals surface area contributed by atoms with Gasteiger partial charge < -0.3 is 5.32 Å². The van der Waals surface area contributed by atoms with E-state index in [1.54, 1.807) is 0 Å². The average Bonchev–Trinajstić information content (AvgIpc) is 2.28. The molecule has 1 aliphatic heterocycles. The fourth-order valence-electron chi connectivity index (χ4n) is 1.26. The van der Waals surface area contributed by atoms with Crippen molar-refractivity contribution < 1.29 is 0 Å². The fraction of sp³-hybridized carbons (Fsp3) is 0.889. The Morgan fingerprint density at radius 1 is 1.45 bits per heavy atom. The number of rotatable bonds is 3. The van der Waals surface area contributed by atoms with E-state index >= 15 is 0 Å². The maximum atomic E-state index is 4.51. The highest BCUT2D eigenvalue weighted by atomic mass is 15.1. The number of nitrogens with one attached hydrogen (secondary N) is 1. The van der Waals surface area contributed by atoms with Crippen molar-refractivity contribution in [1.82, 2.24) is 5.32 Å². The molecule has 0 saturated carbocycles. The third-order valence-corrected chi connectivity index (χ3v) is 2.24. The van der Waals surface area contributed by atoms with Gasteiger partial charge in [-0.1, -0.05) is 13.3 Å². The van der Waals surface area contributed by atoms with Crippen LogP contribution in [0.25, 0.3) is 0 Å². The average molecular weight is 154 g/mol. The second-order valence-corrected chi connectivity index (χ2v) is 3.35. The molecule has 0 fully saturated rings. The zero-order valence-electron chi connectivity index (χ0n) is 7.72. The van der Waals surface area contributed by atoms with Crippen LogP contribution in [0.1, 0.15) is 40.0 Å². The highest BCUT2D eigenvalue weighted by molar-refractivity contribution is 5.84. The van der Waals surface area contributed by atoms with E-state index in [9.17, 15) is 0 Å². The Morgan fingerprint density at radius 2 is 2.18 bits per heavy atom. The summed E-state index contributed by atoms with van der Waals surface area (Å²) in [6.07, 6.45) is 3.64. The second kappa shape index (κ2) is 3.74. The van der Waals surface area contributed by atoms with E-state index in [2.05, 4.69) is 31.1 Å². The first-order valence-electron chi connectivity index (χ1n) is 4.57. The van der Waals surface area contributed by atoms with Gasteiger partial charge in [-0.3, -0.25) is 4.99 Å². The molecule has 0 bridgehead atoms. The van der Waals surface area contributed by atoms with Crippen LogP contribution >= 0.6 is 0 Å². The zero-order valence-corrected chi connectivity index (χ0v) is 7.72. The van der Waals surface area contributed by atoms with Crippen LogP contribution in [0.5, 0.6) is 0 Å². The Kier molecular flexibility index (Phi) is 2.92. The van der Waals surface area contributed by atoms with E-state index < -0.39 is 0 Å². The molecule has 0 spiro atoms. The zero-order chi connectivity index (χ0) is 8.27. The molecule has 11 heavy (non-hydrogen) atoms. The molecule has 0 amide bonds. The number of hydrogen-bond donors (Lipinski definition) is 1. The Bertz CT molecular complexity index is 152. The van der Waals surface area contributed by atoms with Crippen LogP contribution in [-0.2, 0) is 0 Å². The van der Waals surface area contributed by atoms with Gasteiger partial charge in [0.25, 0.3) is 0 Å². The molecular formula is C9H18N2. The Labute approximate surface area is 69.1 Å². The van der Waals surface area contributed by atoms with E-state index in [0.717, 1.165) is 6.42 Å². The molecule has 0 aromatic rings. The van der Waals surface area contributed by atoms with Crippen LogP contribution in [0.4, 0.5) is 0 Å². The van der Waals surface area contributed by atoms with Gasteiger partial charge in [0, 0.05) is 12.5 Å². The first kappa shape index (κ1) is 8.57. The van der Waals surface area contributed by atoms with Crippen molar-refractivity contribution in [1.29, 1.82) is 0 Å². The van der Waals surface area contributed by atoms with Gasteiger partial charge in [-0.05, 0) is 20.3 Å². The van der Waals surface area contributed by atoms with Crippen LogP contribution < -0.4 is 5.32 Å². The summed E-state index contributed by atoms with van der Waals surface area (Å²) in [7, 11) is 0. The summed E-state index contributed by atoms with van der Waals surface area (Å²) in [5.74, 6) is 1.21. The lowest BCUT2D eigenvalue weighted by atomic mass is 10.2. The lowest BCUT2D eigenvalue weighted by molar-refractivity contribution is 0.599. The molecule has 1 N–H and O–H groups in total. The first-order chi connectivity index (χ1) is 5.24. The molecule has 2 unspecified atom stereocenters. The third-order valence-electron chi connectivity index (χ3n) is 2.24. The summed E-state index contributed by atoms with van der Waals surface area (Å²) in [6, 6.07) is 1.02. The molecule has 1 rings (SSSR count). The Morgan fingerprint density at radius 3 is 2.64 bits per heavy atom. The molecule has 2 nitrogen and oxygen atoms in total. The molecule has 2 atom stereocenters. The fourth-order valence-corrected chi connectivity index (χ4v) is 1.26. The molecule has 1 heterocycles. The van der Waals surface area contributed by atoms with Crippen LogP contribution in [0.15, 0.2) is 4.99 Å². The minimum atomic E-state index is 0.474. The lowest BCUT2D eigenvalue weighted by Crippen LogP contribution is -2.30. The van der Waals surface area contributed by atoms with E-state index in [1.165, 1.54) is 18.7 Å². The topological polar surface area (TPSA) is 24.4 Å². The summed E-state index contributed by atoms with van der Waals surface area (Å²) < 4.78 is 0. The van der Waals surface area contributed by atoms with Crippen molar-refractivity contribution in [3.63, 3.8) is 0 Å². The molecular weight excluding hydrogens is 136 g/mol. The molecule has 1 aliphatic rings. The van der Waals surface area contributed by atoms with Gasteiger partial charge in [0.1, 0.15) is 0 Å². The highest BCUT2D eigenvalue weighted by Gasteiger charge is 2.19. The molecule has 64 valence electrons. The maximum Gasteiger partial charge on any atom is 0.0970 e. The molecule has 0 aliphatic carbocycles. The third kappa shape index (κ3) is 2.21. The smallest absolute Gasteiger partial charge is 0.0970 e.